The summed E-state index contributed by atoms with van der Waals surface area (Å²) in [5.41, 5.74) is 2.36. The molecule has 0 spiro atoms. The number of nitrogens with zero attached hydrogens (tertiary/aromatic N) is 1. The number of carboxylic acids is 1. The number of methoxy groups -OCH3 is 1. The third kappa shape index (κ3) is 2.18. The number of carbonyl (C=O) groups is 1. The third-order valence-corrected chi connectivity index (χ3v) is 2.66. The van der Waals surface area contributed by atoms with Gasteiger partial charge >= 0.3 is 5.97 Å². The molecule has 1 aromatic carbocycles. The zero-order valence-corrected chi connectivity index (χ0v) is 10.2. The molecule has 0 aliphatic rings. The van der Waals surface area contributed by atoms with E-state index >= 15 is 0 Å². The van der Waals surface area contributed by atoms with Crippen molar-refractivity contribution in [3.63, 3.8) is 0 Å². The van der Waals surface area contributed by atoms with Gasteiger partial charge in [-0.3, -0.25) is 0 Å². The first-order valence-electron chi connectivity index (χ1n) is 5.47. The fourth-order valence-corrected chi connectivity index (χ4v) is 1.83. The van der Waals surface area contributed by atoms with Crippen LogP contribution in [0, 0.1) is 6.92 Å². The van der Waals surface area contributed by atoms with Gasteiger partial charge in [-0.25, -0.2) is 9.78 Å². The zero-order valence-electron chi connectivity index (χ0n) is 10.2. The van der Waals surface area contributed by atoms with Crippen LogP contribution in [-0.2, 0) is 0 Å². The van der Waals surface area contributed by atoms with Crippen molar-refractivity contribution in [3.05, 3.63) is 47.8 Å². The van der Waals surface area contributed by atoms with Crippen LogP contribution in [0.1, 0.15) is 16.1 Å². The minimum absolute atomic E-state index is 0.0291. The summed E-state index contributed by atoms with van der Waals surface area (Å²) in [5, 5.41) is 9.16. The van der Waals surface area contributed by atoms with Crippen LogP contribution in [0.2, 0.25) is 0 Å². The van der Waals surface area contributed by atoms with Gasteiger partial charge in [0.25, 0.3) is 0 Å². The van der Waals surface area contributed by atoms with Crippen molar-refractivity contribution in [2.45, 2.75) is 6.92 Å². The molecule has 0 atom stereocenters. The quantitative estimate of drug-likeness (QED) is 0.900. The summed E-state index contributed by atoms with van der Waals surface area (Å²) in [6, 6.07) is 9.07. The van der Waals surface area contributed by atoms with E-state index in [2.05, 4.69) is 4.98 Å². The van der Waals surface area contributed by atoms with E-state index in [0.717, 1.165) is 11.1 Å². The lowest BCUT2D eigenvalue weighted by molar-refractivity contribution is 0.0691. The molecule has 1 heterocycles. The first kappa shape index (κ1) is 12.1. The van der Waals surface area contributed by atoms with Crippen LogP contribution in [0.4, 0.5) is 0 Å². The average Bonchev–Trinajstić information content (AvgIpc) is 2.38. The Bertz CT molecular complexity index is 593. The van der Waals surface area contributed by atoms with Gasteiger partial charge in [0.05, 0.1) is 7.11 Å². The molecule has 0 amide bonds. The smallest absolute Gasteiger partial charge is 0.355 e. The van der Waals surface area contributed by atoms with Gasteiger partial charge in [0.1, 0.15) is 5.75 Å². The summed E-state index contributed by atoms with van der Waals surface area (Å²) in [4.78, 5) is 15.1. The van der Waals surface area contributed by atoms with Crippen LogP contribution in [-0.4, -0.2) is 23.2 Å². The topological polar surface area (TPSA) is 59.4 Å². The lowest BCUT2D eigenvalue weighted by atomic mass is 10.0. The van der Waals surface area contributed by atoms with Crippen molar-refractivity contribution in [2.75, 3.05) is 7.11 Å². The van der Waals surface area contributed by atoms with Gasteiger partial charge in [0, 0.05) is 17.3 Å². The summed E-state index contributed by atoms with van der Waals surface area (Å²) in [6.45, 7) is 1.94. The summed E-state index contributed by atoms with van der Waals surface area (Å²) in [6.07, 6.45) is 1.47. The van der Waals surface area contributed by atoms with E-state index in [1.54, 1.807) is 19.2 Å². The maximum absolute atomic E-state index is 11.2. The maximum Gasteiger partial charge on any atom is 0.355 e. The number of rotatable bonds is 3. The molecule has 92 valence electrons. The summed E-state index contributed by atoms with van der Waals surface area (Å²) in [5.74, 6) is -0.412. The van der Waals surface area contributed by atoms with Gasteiger partial charge in [0.15, 0.2) is 5.69 Å². The van der Waals surface area contributed by atoms with Crippen LogP contribution in [0.15, 0.2) is 36.5 Å². The minimum Gasteiger partial charge on any atom is -0.496 e. The molecule has 0 fully saturated rings. The number of aromatic carboxylic acids is 1. The molecule has 1 N–H and O–H groups in total. The molecule has 4 nitrogen and oxygen atoms in total. The number of hydrogen-bond donors (Lipinski definition) is 1. The predicted octanol–water partition coefficient (Wildman–Crippen LogP) is 2.76. The molecule has 0 aliphatic heterocycles. The second-order valence-corrected chi connectivity index (χ2v) is 3.91. The molecular formula is C14H13NO3. The zero-order chi connectivity index (χ0) is 13.1. The molecule has 18 heavy (non-hydrogen) atoms. The number of carboxylic acid groups (broad SMARTS) is 1. The number of aryl methyl sites for hydroxylation is 1. The van der Waals surface area contributed by atoms with E-state index in [1.165, 1.54) is 6.20 Å². The summed E-state index contributed by atoms with van der Waals surface area (Å²) in [7, 11) is 1.56. The van der Waals surface area contributed by atoms with Crippen LogP contribution in [0.5, 0.6) is 5.75 Å². The summed E-state index contributed by atoms with van der Waals surface area (Å²) < 4.78 is 5.27. The van der Waals surface area contributed by atoms with E-state index in [0.29, 0.717) is 11.3 Å². The largest absolute Gasteiger partial charge is 0.496 e. The SMILES string of the molecule is COc1ccc(C)cc1-c1cccnc1C(=O)O. The standard InChI is InChI=1S/C14H13NO3/c1-9-5-6-12(18-2)11(8-9)10-4-3-7-15-13(10)14(16)17/h3-8H,1-2H3,(H,16,17). The second kappa shape index (κ2) is 4.87. The van der Waals surface area contributed by atoms with E-state index in [1.807, 2.05) is 25.1 Å². The Kier molecular flexibility index (Phi) is 3.28. The van der Waals surface area contributed by atoms with Crippen LogP contribution < -0.4 is 4.74 Å². The summed E-state index contributed by atoms with van der Waals surface area (Å²) >= 11 is 0. The number of pyridine rings is 1. The normalized spacial score (nSPS) is 10.1. The number of aromatic nitrogens is 1. The molecule has 0 saturated carbocycles. The van der Waals surface area contributed by atoms with Gasteiger partial charge < -0.3 is 9.84 Å². The molecule has 1 aromatic heterocycles. The van der Waals surface area contributed by atoms with Gasteiger partial charge in [-0.1, -0.05) is 17.7 Å². The highest BCUT2D eigenvalue weighted by Gasteiger charge is 2.15. The highest BCUT2D eigenvalue weighted by atomic mass is 16.5. The number of benzene rings is 1. The van der Waals surface area contributed by atoms with E-state index in [-0.39, 0.29) is 5.69 Å². The molecule has 0 radical (unpaired) electrons. The van der Waals surface area contributed by atoms with Crippen molar-refractivity contribution in [1.82, 2.24) is 4.98 Å². The van der Waals surface area contributed by atoms with Gasteiger partial charge in [-0.2, -0.15) is 0 Å². The van der Waals surface area contributed by atoms with Crippen molar-refractivity contribution in [2.24, 2.45) is 0 Å². The molecule has 4 heteroatoms. The number of hydrogen-bond acceptors (Lipinski definition) is 3. The van der Waals surface area contributed by atoms with Gasteiger partial charge in [-0.05, 0) is 25.1 Å². The van der Waals surface area contributed by atoms with Crippen LogP contribution >= 0.6 is 0 Å². The molecular weight excluding hydrogens is 230 g/mol. The lowest BCUT2D eigenvalue weighted by Crippen LogP contribution is -2.03. The third-order valence-electron chi connectivity index (χ3n) is 2.66. The number of ether oxygens (including phenoxy) is 1. The van der Waals surface area contributed by atoms with Crippen LogP contribution in [0.3, 0.4) is 0 Å². The highest BCUT2D eigenvalue weighted by Crippen LogP contribution is 2.32. The molecule has 0 bridgehead atoms. The lowest BCUT2D eigenvalue weighted by Gasteiger charge is -2.11. The second-order valence-electron chi connectivity index (χ2n) is 3.91. The van der Waals surface area contributed by atoms with Gasteiger partial charge in [0.2, 0.25) is 0 Å². The molecule has 2 aromatic rings. The average molecular weight is 243 g/mol. The Morgan fingerprint density at radius 2 is 2.06 bits per heavy atom. The van der Waals surface area contributed by atoms with E-state index in [4.69, 9.17) is 9.84 Å². The predicted molar refractivity (Wildman–Crippen MR) is 67.9 cm³/mol. The fourth-order valence-electron chi connectivity index (χ4n) is 1.83. The Labute approximate surface area is 105 Å². The van der Waals surface area contributed by atoms with Crippen molar-refractivity contribution >= 4 is 5.97 Å². The van der Waals surface area contributed by atoms with Gasteiger partial charge in [-0.15, -0.1) is 0 Å². The molecule has 0 aliphatic carbocycles. The Morgan fingerprint density at radius 1 is 1.28 bits per heavy atom. The van der Waals surface area contributed by atoms with Crippen molar-refractivity contribution < 1.29 is 14.6 Å². The van der Waals surface area contributed by atoms with E-state index in [9.17, 15) is 4.79 Å². The van der Waals surface area contributed by atoms with Crippen LogP contribution in [0.25, 0.3) is 11.1 Å². The van der Waals surface area contributed by atoms with Crippen molar-refractivity contribution in [3.8, 4) is 16.9 Å². The Balaban J connectivity index is 2.68. The molecule has 2 rings (SSSR count). The first-order valence-corrected chi connectivity index (χ1v) is 5.47. The Morgan fingerprint density at radius 3 is 2.72 bits per heavy atom. The molecule has 0 unspecified atom stereocenters. The minimum atomic E-state index is -1.05. The van der Waals surface area contributed by atoms with Crippen molar-refractivity contribution in [1.29, 1.82) is 0 Å². The molecule has 0 saturated heterocycles. The fraction of sp³-hybridized carbons (Fsp3) is 0.143. The monoisotopic (exact) mass is 243 g/mol. The maximum atomic E-state index is 11.2. The highest BCUT2D eigenvalue weighted by molar-refractivity contribution is 5.94. The Hall–Kier alpha value is -2.36. The first-order chi connectivity index (χ1) is 8.63. The van der Waals surface area contributed by atoms with E-state index < -0.39 is 5.97 Å².